The molecule has 1 heterocycles. The van der Waals surface area contributed by atoms with E-state index in [0.717, 1.165) is 10.2 Å². The first kappa shape index (κ1) is 22.6. The van der Waals surface area contributed by atoms with E-state index in [4.69, 9.17) is 9.47 Å². The topological polar surface area (TPSA) is 67.9 Å². The Labute approximate surface area is 200 Å². The molecule has 6 nitrogen and oxygen atoms in total. The van der Waals surface area contributed by atoms with Crippen molar-refractivity contribution in [3.05, 3.63) is 94.0 Å². The molecule has 3 aromatic rings. The van der Waals surface area contributed by atoms with E-state index in [-0.39, 0.29) is 5.57 Å². The van der Waals surface area contributed by atoms with Gasteiger partial charge in [0.1, 0.15) is 17.1 Å². The van der Waals surface area contributed by atoms with Crippen LogP contribution in [0.1, 0.15) is 17.5 Å². The molecule has 0 saturated carbocycles. The van der Waals surface area contributed by atoms with Gasteiger partial charge in [-0.15, -0.1) is 0 Å². The van der Waals surface area contributed by atoms with Crippen LogP contribution in [0.15, 0.2) is 82.8 Å². The van der Waals surface area contributed by atoms with Gasteiger partial charge in [-0.25, -0.2) is 5.01 Å². The number of nitrogens with one attached hydrogen (secondary N) is 1. The zero-order valence-corrected chi connectivity index (χ0v) is 19.7. The first-order chi connectivity index (χ1) is 16.0. The quantitative estimate of drug-likeness (QED) is 0.263. The van der Waals surface area contributed by atoms with Crippen molar-refractivity contribution in [2.75, 3.05) is 18.2 Å². The highest BCUT2D eigenvalue weighted by Gasteiger charge is 2.34. The maximum atomic E-state index is 12.9. The molecule has 1 aliphatic heterocycles. The Hall–Kier alpha value is -3.58. The van der Waals surface area contributed by atoms with E-state index in [1.54, 1.807) is 30.3 Å². The lowest BCUT2D eigenvalue weighted by Crippen LogP contribution is -2.35. The molecular weight excluding hydrogens is 484 g/mol. The van der Waals surface area contributed by atoms with E-state index >= 15 is 0 Å². The SMILES string of the molecule is Cc1ccc(OCCCOc2ccc(Br)cc2/C=C2\C(=O)NN(c3ccccc3)C2=O)cc1. The lowest BCUT2D eigenvalue weighted by molar-refractivity contribution is -0.117. The summed E-state index contributed by atoms with van der Waals surface area (Å²) in [4.78, 5) is 25.4. The predicted molar refractivity (Wildman–Crippen MR) is 131 cm³/mol. The minimum Gasteiger partial charge on any atom is -0.493 e. The van der Waals surface area contributed by atoms with Gasteiger partial charge in [0, 0.05) is 16.5 Å². The Morgan fingerprint density at radius 2 is 1.67 bits per heavy atom. The zero-order chi connectivity index (χ0) is 23.2. The van der Waals surface area contributed by atoms with Gasteiger partial charge in [-0.2, -0.15) is 0 Å². The van der Waals surface area contributed by atoms with Gasteiger partial charge in [0.2, 0.25) is 0 Å². The van der Waals surface area contributed by atoms with E-state index < -0.39 is 11.8 Å². The molecule has 168 valence electrons. The summed E-state index contributed by atoms with van der Waals surface area (Å²) in [5.41, 5.74) is 5.07. The van der Waals surface area contributed by atoms with Crippen LogP contribution in [0, 0.1) is 6.92 Å². The van der Waals surface area contributed by atoms with Crippen LogP contribution >= 0.6 is 15.9 Å². The maximum Gasteiger partial charge on any atom is 0.282 e. The van der Waals surface area contributed by atoms with Gasteiger partial charge in [-0.1, -0.05) is 51.8 Å². The van der Waals surface area contributed by atoms with Crippen LogP contribution in [0.25, 0.3) is 6.08 Å². The maximum absolute atomic E-state index is 12.9. The Morgan fingerprint density at radius 1 is 0.939 bits per heavy atom. The number of hydrazine groups is 1. The molecule has 0 bridgehead atoms. The number of amides is 2. The second kappa shape index (κ2) is 10.4. The second-order valence-electron chi connectivity index (χ2n) is 7.52. The number of benzene rings is 3. The van der Waals surface area contributed by atoms with Crippen molar-refractivity contribution < 1.29 is 19.1 Å². The molecule has 0 aliphatic carbocycles. The van der Waals surface area contributed by atoms with Crippen molar-refractivity contribution in [3.63, 3.8) is 0 Å². The molecule has 0 aromatic heterocycles. The smallest absolute Gasteiger partial charge is 0.282 e. The summed E-state index contributed by atoms with van der Waals surface area (Å²) in [5, 5.41) is 1.25. The Balaban J connectivity index is 1.42. The molecule has 7 heteroatoms. The van der Waals surface area contributed by atoms with Gasteiger partial charge in [-0.3, -0.25) is 15.0 Å². The number of aryl methyl sites for hydroxylation is 1. The summed E-state index contributed by atoms with van der Waals surface area (Å²) < 4.78 is 12.5. The van der Waals surface area contributed by atoms with Gasteiger partial charge in [0.25, 0.3) is 11.8 Å². The monoisotopic (exact) mass is 506 g/mol. The van der Waals surface area contributed by atoms with E-state index in [1.165, 1.54) is 10.6 Å². The van der Waals surface area contributed by atoms with Crippen LogP contribution in [0.3, 0.4) is 0 Å². The van der Waals surface area contributed by atoms with Crippen molar-refractivity contribution in [2.45, 2.75) is 13.3 Å². The predicted octanol–water partition coefficient (Wildman–Crippen LogP) is 5.07. The third kappa shape index (κ3) is 5.62. The number of nitrogens with zero attached hydrogens (tertiary/aromatic N) is 1. The number of para-hydroxylation sites is 1. The van der Waals surface area contributed by atoms with E-state index in [9.17, 15) is 9.59 Å². The molecule has 0 radical (unpaired) electrons. The fourth-order valence-electron chi connectivity index (χ4n) is 3.30. The third-order valence-electron chi connectivity index (χ3n) is 5.01. The standard InChI is InChI=1S/C26H23BrN2O4/c1-18-8-11-22(12-9-18)32-14-5-15-33-24-13-10-20(27)16-19(24)17-23-25(30)28-29(26(23)31)21-6-3-2-4-7-21/h2-4,6-13,16-17H,5,14-15H2,1H3,(H,28,30)/b23-17+. The van der Waals surface area contributed by atoms with E-state index in [1.807, 2.05) is 55.5 Å². The average molecular weight is 507 g/mol. The molecule has 1 N–H and O–H groups in total. The third-order valence-corrected chi connectivity index (χ3v) is 5.51. The van der Waals surface area contributed by atoms with E-state index in [0.29, 0.717) is 36.6 Å². The van der Waals surface area contributed by atoms with Crippen molar-refractivity contribution in [2.24, 2.45) is 0 Å². The Kier molecular flexibility index (Phi) is 7.10. The molecule has 2 amide bonds. The van der Waals surface area contributed by atoms with E-state index in [2.05, 4.69) is 21.4 Å². The highest BCUT2D eigenvalue weighted by molar-refractivity contribution is 9.10. The fraction of sp³-hybridized carbons (Fsp3) is 0.154. The molecular formula is C26H23BrN2O4. The van der Waals surface area contributed by atoms with Crippen molar-refractivity contribution in [1.29, 1.82) is 0 Å². The molecule has 1 aliphatic rings. The normalized spacial score (nSPS) is 14.5. The van der Waals surface area contributed by atoms with Gasteiger partial charge >= 0.3 is 0 Å². The van der Waals surface area contributed by atoms with Crippen molar-refractivity contribution >= 4 is 39.5 Å². The highest BCUT2D eigenvalue weighted by Crippen LogP contribution is 2.28. The molecule has 33 heavy (non-hydrogen) atoms. The van der Waals surface area contributed by atoms with Crippen LogP contribution in [-0.4, -0.2) is 25.0 Å². The molecule has 0 unspecified atom stereocenters. The van der Waals surface area contributed by atoms with Crippen LogP contribution in [-0.2, 0) is 9.59 Å². The number of hydrogen-bond acceptors (Lipinski definition) is 4. The van der Waals surface area contributed by atoms with Crippen molar-refractivity contribution in [3.8, 4) is 11.5 Å². The average Bonchev–Trinajstić information content (AvgIpc) is 3.10. The highest BCUT2D eigenvalue weighted by atomic mass is 79.9. The summed E-state index contributed by atoms with van der Waals surface area (Å²) in [6.45, 7) is 2.98. The number of hydrogen-bond donors (Lipinski definition) is 1. The molecule has 0 atom stereocenters. The number of ether oxygens (including phenoxy) is 2. The van der Waals surface area contributed by atoms with Crippen LogP contribution < -0.4 is 19.9 Å². The zero-order valence-electron chi connectivity index (χ0n) is 18.1. The van der Waals surface area contributed by atoms with Crippen LogP contribution in [0.5, 0.6) is 11.5 Å². The minimum absolute atomic E-state index is 0.0458. The molecule has 3 aromatic carbocycles. The molecule has 1 saturated heterocycles. The van der Waals surface area contributed by atoms with Gasteiger partial charge < -0.3 is 9.47 Å². The van der Waals surface area contributed by atoms with Gasteiger partial charge in [-0.05, 0) is 55.5 Å². The van der Waals surface area contributed by atoms with Gasteiger partial charge in [0.05, 0.1) is 18.9 Å². The van der Waals surface area contributed by atoms with Crippen LogP contribution in [0.4, 0.5) is 5.69 Å². The summed E-state index contributed by atoms with van der Waals surface area (Å²) in [5.74, 6) is 0.535. The summed E-state index contributed by atoms with van der Waals surface area (Å²) in [6, 6.07) is 22.3. The minimum atomic E-state index is -0.457. The molecule has 0 spiro atoms. The first-order valence-electron chi connectivity index (χ1n) is 10.6. The first-order valence-corrected chi connectivity index (χ1v) is 11.3. The Morgan fingerprint density at radius 3 is 2.42 bits per heavy atom. The number of carbonyl (C=O) groups excluding carboxylic acids is 2. The number of carbonyl (C=O) groups is 2. The van der Waals surface area contributed by atoms with Crippen molar-refractivity contribution in [1.82, 2.24) is 5.43 Å². The van der Waals surface area contributed by atoms with Crippen LogP contribution in [0.2, 0.25) is 0 Å². The number of rotatable bonds is 8. The fourth-order valence-corrected chi connectivity index (χ4v) is 3.68. The summed E-state index contributed by atoms with van der Waals surface area (Å²) >= 11 is 3.45. The summed E-state index contributed by atoms with van der Waals surface area (Å²) in [6.07, 6.45) is 2.24. The lowest BCUT2D eigenvalue weighted by Gasteiger charge is -2.14. The number of anilines is 1. The Bertz CT molecular complexity index is 1180. The molecule has 1 fully saturated rings. The molecule has 4 rings (SSSR count). The lowest BCUT2D eigenvalue weighted by atomic mass is 10.1. The second-order valence-corrected chi connectivity index (χ2v) is 8.44. The number of halogens is 1. The largest absolute Gasteiger partial charge is 0.493 e. The van der Waals surface area contributed by atoms with Gasteiger partial charge in [0.15, 0.2) is 0 Å². The summed E-state index contributed by atoms with van der Waals surface area (Å²) in [7, 11) is 0.